The summed E-state index contributed by atoms with van der Waals surface area (Å²) in [7, 11) is -4.30. The molecule has 0 heterocycles. The first-order valence-corrected chi connectivity index (χ1v) is 10.4. The second-order valence-electron chi connectivity index (χ2n) is 3.98. The molecule has 0 radical (unpaired) electrons. The number of rotatable bonds is 12. The highest BCUT2D eigenvalue weighted by Crippen LogP contribution is 2.12. The highest BCUT2D eigenvalue weighted by molar-refractivity contribution is 6.88. The maximum absolute atomic E-state index is 5.84. The van der Waals surface area contributed by atoms with Crippen LogP contribution in [0.15, 0.2) is 73.7 Å². The van der Waals surface area contributed by atoms with E-state index in [1.807, 2.05) is 34.2 Å². The summed E-state index contributed by atoms with van der Waals surface area (Å²) in [5, 5.41) is 0. The van der Waals surface area contributed by atoms with Crippen molar-refractivity contribution in [1.82, 2.24) is 0 Å². The van der Waals surface area contributed by atoms with Crippen LogP contribution in [-0.2, 0) is 8.85 Å². The average Bonchev–Trinajstić information content (AvgIpc) is 2.48. The highest BCUT2D eigenvalue weighted by Gasteiger charge is 2.24. The molecule has 0 saturated carbocycles. The summed E-state index contributed by atoms with van der Waals surface area (Å²) in [5.74, 6) is 0. The van der Waals surface area contributed by atoms with Crippen molar-refractivity contribution in [1.29, 1.82) is 0 Å². The molecular formula is C15H24O2Si2. The van der Waals surface area contributed by atoms with Gasteiger partial charge in [-0.3, -0.25) is 0 Å². The van der Waals surface area contributed by atoms with Crippen molar-refractivity contribution in [2.24, 2.45) is 0 Å². The number of hydrogen-bond donors (Lipinski definition) is 0. The molecule has 0 aliphatic rings. The Morgan fingerprint density at radius 2 is 0.842 bits per heavy atom. The van der Waals surface area contributed by atoms with Crippen molar-refractivity contribution in [3.63, 3.8) is 0 Å². The van der Waals surface area contributed by atoms with Crippen LogP contribution in [0.3, 0.4) is 0 Å². The Morgan fingerprint density at radius 1 is 0.579 bits per heavy atom. The van der Waals surface area contributed by atoms with E-state index >= 15 is 0 Å². The monoisotopic (exact) mass is 292 g/mol. The molecule has 0 saturated heterocycles. The second kappa shape index (κ2) is 8.82. The minimum Gasteiger partial charge on any atom is -0.405 e. The number of hydrogen-bond acceptors (Lipinski definition) is 2. The third kappa shape index (κ3) is 5.12. The van der Waals surface area contributed by atoms with E-state index in [1.165, 1.54) is 0 Å². The molecule has 0 aromatic carbocycles. The Kier molecular flexibility index (Phi) is 8.26. The SMILES string of the molecule is C=C[Si](C=C)(C=C)OCCCO[Si](C=C)(C=C)C=C. The van der Waals surface area contributed by atoms with Crippen molar-refractivity contribution in [2.45, 2.75) is 6.42 Å². The first kappa shape index (κ1) is 17.8. The van der Waals surface area contributed by atoms with Gasteiger partial charge >= 0.3 is 0 Å². The van der Waals surface area contributed by atoms with Crippen LogP contribution in [0.4, 0.5) is 0 Å². The summed E-state index contributed by atoms with van der Waals surface area (Å²) in [6, 6.07) is 0. The summed E-state index contributed by atoms with van der Waals surface area (Å²) >= 11 is 0. The summed E-state index contributed by atoms with van der Waals surface area (Å²) in [6.07, 6.45) is 0.786. The van der Waals surface area contributed by atoms with E-state index in [4.69, 9.17) is 8.85 Å². The Bertz CT molecular complexity index is 284. The molecule has 0 spiro atoms. The third-order valence-electron chi connectivity index (χ3n) is 2.91. The lowest BCUT2D eigenvalue weighted by molar-refractivity contribution is 0.248. The van der Waals surface area contributed by atoms with Gasteiger partial charge < -0.3 is 8.85 Å². The zero-order valence-corrected chi connectivity index (χ0v) is 13.6. The lowest BCUT2D eigenvalue weighted by Gasteiger charge is -2.22. The highest BCUT2D eigenvalue weighted by atomic mass is 28.4. The molecular weight excluding hydrogens is 268 g/mol. The van der Waals surface area contributed by atoms with Gasteiger partial charge in [0.25, 0.3) is 16.6 Å². The molecule has 0 fully saturated rings. The van der Waals surface area contributed by atoms with E-state index in [-0.39, 0.29) is 0 Å². The van der Waals surface area contributed by atoms with Gasteiger partial charge in [-0.05, 0) is 6.42 Å². The van der Waals surface area contributed by atoms with Crippen LogP contribution < -0.4 is 0 Å². The van der Waals surface area contributed by atoms with Crippen molar-refractivity contribution in [3.8, 4) is 0 Å². The van der Waals surface area contributed by atoms with Gasteiger partial charge in [-0.25, -0.2) is 0 Å². The van der Waals surface area contributed by atoms with E-state index in [9.17, 15) is 0 Å². The van der Waals surface area contributed by atoms with Gasteiger partial charge in [-0.2, -0.15) is 0 Å². The second-order valence-corrected chi connectivity index (χ2v) is 10.4. The van der Waals surface area contributed by atoms with Crippen molar-refractivity contribution in [3.05, 3.63) is 73.7 Å². The zero-order chi connectivity index (χ0) is 14.8. The van der Waals surface area contributed by atoms with Gasteiger partial charge in [0, 0.05) is 13.2 Å². The van der Waals surface area contributed by atoms with E-state index in [1.54, 1.807) is 0 Å². The minimum absolute atomic E-state index is 0.589. The van der Waals surface area contributed by atoms with E-state index < -0.39 is 16.6 Å². The molecule has 0 amide bonds. The molecule has 2 nitrogen and oxygen atoms in total. The first-order valence-electron chi connectivity index (χ1n) is 6.17. The lowest BCUT2D eigenvalue weighted by atomic mass is 10.5. The van der Waals surface area contributed by atoms with Gasteiger partial charge in [-0.1, -0.05) is 34.2 Å². The van der Waals surface area contributed by atoms with Gasteiger partial charge in [0.1, 0.15) is 0 Å². The maximum atomic E-state index is 5.84. The Morgan fingerprint density at radius 3 is 1.05 bits per heavy atom. The molecule has 0 unspecified atom stereocenters. The first-order chi connectivity index (χ1) is 9.07. The topological polar surface area (TPSA) is 18.5 Å². The van der Waals surface area contributed by atoms with E-state index in [2.05, 4.69) is 39.5 Å². The van der Waals surface area contributed by atoms with Crippen molar-refractivity contribution < 1.29 is 8.85 Å². The summed E-state index contributed by atoms with van der Waals surface area (Å²) in [4.78, 5) is 0. The molecule has 0 aliphatic carbocycles. The average molecular weight is 293 g/mol. The predicted octanol–water partition coefficient (Wildman–Crippen LogP) is 3.65. The van der Waals surface area contributed by atoms with Gasteiger partial charge in [0.2, 0.25) is 0 Å². The van der Waals surface area contributed by atoms with Crippen LogP contribution in [0.5, 0.6) is 0 Å². The van der Waals surface area contributed by atoms with Crippen LogP contribution in [-0.4, -0.2) is 29.8 Å². The Balaban J connectivity index is 4.18. The third-order valence-corrected chi connectivity index (χ3v) is 8.14. The van der Waals surface area contributed by atoms with Crippen LogP contribution in [0.25, 0.3) is 0 Å². The fourth-order valence-corrected chi connectivity index (χ4v) is 4.11. The maximum Gasteiger partial charge on any atom is 0.264 e. The molecule has 19 heavy (non-hydrogen) atoms. The summed E-state index contributed by atoms with van der Waals surface area (Å²) in [6.45, 7) is 23.9. The quantitative estimate of drug-likeness (QED) is 0.404. The van der Waals surface area contributed by atoms with Crippen LogP contribution >= 0.6 is 0 Å². The molecule has 0 bridgehead atoms. The largest absolute Gasteiger partial charge is 0.405 e. The smallest absolute Gasteiger partial charge is 0.264 e. The molecule has 0 atom stereocenters. The molecule has 4 heteroatoms. The fourth-order valence-electron chi connectivity index (χ4n) is 1.41. The predicted molar refractivity (Wildman–Crippen MR) is 89.2 cm³/mol. The van der Waals surface area contributed by atoms with Gasteiger partial charge in [0.15, 0.2) is 0 Å². The molecule has 0 aliphatic heterocycles. The van der Waals surface area contributed by atoms with Crippen LogP contribution in [0, 0.1) is 0 Å². The van der Waals surface area contributed by atoms with Crippen LogP contribution in [0.1, 0.15) is 6.42 Å². The summed E-state index contributed by atoms with van der Waals surface area (Å²) in [5.41, 5.74) is 10.9. The lowest BCUT2D eigenvalue weighted by Crippen LogP contribution is -2.34. The van der Waals surface area contributed by atoms with Crippen molar-refractivity contribution in [2.75, 3.05) is 13.2 Å². The minimum atomic E-state index is -2.15. The molecule has 0 N–H and O–H groups in total. The standard InChI is InChI=1S/C15H24O2Si2/c1-7-18(8-2,9-3)16-14-13-15-17-19(10-4,11-5)12-6/h7-12H,1-6,13-15H2. The Labute approximate surface area is 119 Å². The Hall–Kier alpha value is -1.21. The van der Waals surface area contributed by atoms with E-state index in [0.717, 1.165) is 6.42 Å². The molecule has 0 rings (SSSR count). The van der Waals surface area contributed by atoms with E-state index in [0.29, 0.717) is 13.2 Å². The zero-order valence-electron chi connectivity index (χ0n) is 11.6. The van der Waals surface area contributed by atoms with Crippen LogP contribution in [0.2, 0.25) is 0 Å². The van der Waals surface area contributed by atoms with Gasteiger partial charge in [-0.15, -0.1) is 39.5 Å². The molecule has 0 aromatic heterocycles. The summed E-state index contributed by atoms with van der Waals surface area (Å²) < 4.78 is 11.7. The van der Waals surface area contributed by atoms with Gasteiger partial charge in [0.05, 0.1) is 0 Å². The fraction of sp³-hybridized carbons (Fsp3) is 0.200. The molecule has 0 aromatic rings. The van der Waals surface area contributed by atoms with Crippen molar-refractivity contribution >= 4 is 16.6 Å². The molecule has 104 valence electrons. The normalized spacial score (nSPS) is 11.4.